The van der Waals surface area contributed by atoms with Crippen molar-refractivity contribution in [1.29, 1.82) is 0 Å². The van der Waals surface area contributed by atoms with E-state index in [2.05, 4.69) is 25.9 Å². The Balaban J connectivity index is 2.36. The van der Waals surface area contributed by atoms with Crippen molar-refractivity contribution in [2.75, 3.05) is 0 Å². The number of halogens is 2. The van der Waals surface area contributed by atoms with Crippen LogP contribution in [0.2, 0.25) is 5.15 Å². The molecule has 4 nitrogen and oxygen atoms in total. The van der Waals surface area contributed by atoms with Crippen LogP contribution in [0.1, 0.15) is 17.4 Å². The molecule has 78 valence electrons. The number of hydrogen-bond donors (Lipinski definition) is 1. The molecule has 2 aromatic rings. The second kappa shape index (κ2) is 4.30. The summed E-state index contributed by atoms with van der Waals surface area (Å²) in [6.07, 6.45) is 3.30. The van der Waals surface area contributed by atoms with Gasteiger partial charge in [-0.25, -0.2) is 9.97 Å². The first-order chi connectivity index (χ1) is 7.18. The lowest BCUT2D eigenvalue weighted by Crippen LogP contribution is -2.00. The zero-order valence-corrected chi connectivity index (χ0v) is 9.73. The van der Waals surface area contributed by atoms with Crippen LogP contribution in [0.25, 0.3) is 0 Å². The molecule has 2 aromatic heterocycles. The molecule has 2 rings (SSSR count). The van der Waals surface area contributed by atoms with E-state index in [4.69, 9.17) is 16.0 Å². The van der Waals surface area contributed by atoms with Gasteiger partial charge in [-0.3, -0.25) is 0 Å². The largest absolute Gasteiger partial charge is 0.465 e. The normalized spacial score (nSPS) is 12.7. The molecule has 0 spiro atoms. The molecule has 0 aliphatic rings. The van der Waals surface area contributed by atoms with Crippen LogP contribution in [0.3, 0.4) is 0 Å². The van der Waals surface area contributed by atoms with Crippen LogP contribution < -0.4 is 0 Å². The highest BCUT2D eigenvalue weighted by Gasteiger charge is 2.18. The number of aliphatic hydroxyl groups excluding tert-OH is 1. The van der Waals surface area contributed by atoms with Gasteiger partial charge in [-0.05, 0) is 22.0 Å². The van der Waals surface area contributed by atoms with Crippen molar-refractivity contribution in [3.8, 4) is 0 Å². The fourth-order valence-corrected chi connectivity index (χ4v) is 1.65. The third-order valence-corrected chi connectivity index (χ3v) is 2.57. The molecule has 0 amide bonds. The first-order valence-corrected chi connectivity index (χ1v) is 5.23. The molecule has 15 heavy (non-hydrogen) atoms. The van der Waals surface area contributed by atoms with E-state index < -0.39 is 6.10 Å². The molecule has 0 aliphatic heterocycles. The molecule has 0 bridgehead atoms. The van der Waals surface area contributed by atoms with Crippen LogP contribution in [-0.2, 0) is 0 Å². The minimum absolute atomic E-state index is 0.213. The van der Waals surface area contributed by atoms with E-state index in [0.29, 0.717) is 11.3 Å². The molecular formula is C9H6BrClN2O2. The second-order valence-corrected chi connectivity index (χ2v) is 4.11. The lowest BCUT2D eigenvalue weighted by atomic mass is 10.1. The van der Waals surface area contributed by atoms with Crippen molar-refractivity contribution in [2.24, 2.45) is 0 Å². The fourth-order valence-electron chi connectivity index (χ4n) is 1.13. The van der Waals surface area contributed by atoms with E-state index in [1.165, 1.54) is 18.8 Å². The fraction of sp³-hybridized carbons (Fsp3) is 0.111. The second-order valence-electron chi connectivity index (χ2n) is 2.84. The topological polar surface area (TPSA) is 59.2 Å². The highest BCUT2D eigenvalue weighted by molar-refractivity contribution is 9.10. The van der Waals surface area contributed by atoms with Crippen molar-refractivity contribution in [3.63, 3.8) is 0 Å². The van der Waals surface area contributed by atoms with Crippen molar-refractivity contribution in [2.45, 2.75) is 6.10 Å². The van der Waals surface area contributed by atoms with Gasteiger partial charge >= 0.3 is 0 Å². The van der Waals surface area contributed by atoms with E-state index in [1.807, 2.05) is 0 Å². The van der Waals surface area contributed by atoms with Crippen LogP contribution in [0.5, 0.6) is 0 Å². The molecule has 0 fully saturated rings. The Bertz CT molecular complexity index is 475. The zero-order chi connectivity index (χ0) is 10.8. The summed E-state index contributed by atoms with van der Waals surface area (Å²) in [5, 5.41) is 10.1. The van der Waals surface area contributed by atoms with Crippen molar-refractivity contribution in [1.82, 2.24) is 9.97 Å². The van der Waals surface area contributed by atoms with Crippen LogP contribution in [0.15, 0.2) is 33.7 Å². The van der Waals surface area contributed by atoms with Gasteiger partial charge in [-0.1, -0.05) is 11.6 Å². The molecule has 0 radical (unpaired) electrons. The average molecular weight is 290 g/mol. The molecule has 0 aliphatic carbocycles. The van der Waals surface area contributed by atoms with Gasteiger partial charge in [0.05, 0.1) is 4.47 Å². The first kappa shape index (κ1) is 10.6. The minimum atomic E-state index is -0.954. The van der Waals surface area contributed by atoms with Gasteiger partial charge in [0.15, 0.2) is 0 Å². The Morgan fingerprint density at radius 1 is 1.53 bits per heavy atom. The Morgan fingerprint density at radius 2 is 2.33 bits per heavy atom. The predicted octanol–water partition coefficient (Wildman–Crippen LogP) is 2.57. The van der Waals surface area contributed by atoms with E-state index >= 15 is 0 Å². The van der Waals surface area contributed by atoms with Crippen molar-refractivity contribution < 1.29 is 9.52 Å². The number of hydrogen-bond acceptors (Lipinski definition) is 4. The molecule has 2 heterocycles. The number of furan rings is 1. The first-order valence-electron chi connectivity index (χ1n) is 4.06. The number of aromatic nitrogens is 2. The van der Waals surface area contributed by atoms with E-state index in [1.54, 1.807) is 6.07 Å². The summed E-state index contributed by atoms with van der Waals surface area (Å²) >= 11 is 9.03. The quantitative estimate of drug-likeness (QED) is 0.863. The van der Waals surface area contributed by atoms with Gasteiger partial charge in [0.2, 0.25) is 0 Å². The van der Waals surface area contributed by atoms with E-state index in [-0.39, 0.29) is 5.15 Å². The highest BCUT2D eigenvalue weighted by atomic mass is 79.9. The van der Waals surface area contributed by atoms with Gasteiger partial charge in [0.1, 0.15) is 29.6 Å². The molecule has 0 aromatic carbocycles. The van der Waals surface area contributed by atoms with Gasteiger partial charge in [-0.15, -0.1) is 0 Å². The van der Waals surface area contributed by atoms with Crippen LogP contribution >= 0.6 is 27.5 Å². The average Bonchev–Trinajstić information content (AvgIpc) is 2.65. The summed E-state index contributed by atoms with van der Waals surface area (Å²) in [5.74, 6) is 0.388. The SMILES string of the molecule is OC(c1cc(Br)co1)c1cncnc1Cl. The molecule has 1 unspecified atom stereocenters. The van der Waals surface area contributed by atoms with Gasteiger partial charge < -0.3 is 9.52 Å². The molecule has 1 N–H and O–H groups in total. The lowest BCUT2D eigenvalue weighted by Gasteiger charge is -2.07. The summed E-state index contributed by atoms with van der Waals surface area (Å²) in [6, 6.07) is 1.66. The molecule has 6 heteroatoms. The summed E-state index contributed by atoms with van der Waals surface area (Å²) in [6.45, 7) is 0. The summed E-state index contributed by atoms with van der Waals surface area (Å²) < 4.78 is 5.88. The molecule has 0 saturated heterocycles. The zero-order valence-electron chi connectivity index (χ0n) is 7.39. The van der Waals surface area contributed by atoms with Gasteiger partial charge in [0.25, 0.3) is 0 Å². The summed E-state index contributed by atoms with van der Waals surface area (Å²) in [4.78, 5) is 7.56. The lowest BCUT2D eigenvalue weighted by molar-refractivity contribution is 0.188. The van der Waals surface area contributed by atoms with Crippen LogP contribution in [0.4, 0.5) is 0 Å². The van der Waals surface area contributed by atoms with Crippen LogP contribution in [-0.4, -0.2) is 15.1 Å². The Morgan fingerprint density at radius 3 is 2.93 bits per heavy atom. The van der Waals surface area contributed by atoms with Crippen LogP contribution in [0, 0.1) is 0 Å². The number of rotatable bonds is 2. The molecular weight excluding hydrogens is 283 g/mol. The number of nitrogens with zero attached hydrogens (tertiary/aromatic N) is 2. The predicted molar refractivity (Wildman–Crippen MR) is 57.5 cm³/mol. The van der Waals surface area contributed by atoms with E-state index in [0.717, 1.165) is 4.47 Å². The maximum absolute atomic E-state index is 9.91. The van der Waals surface area contributed by atoms with Gasteiger partial charge in [-0.2, -0.15) is 0 Å². The molecule has 1 atom stereocenters. The Labute approximate surface area is 99.1 Å². The Hall–Kier alpha value is -0.910. The van der Waals surface area contributed by atoms with Gasteiger partial charge in [0, 0.05) is 11.8 Å². The standard InChI is InChI=1S/C9H6BrClN2O2/c10-5-1-7(15-3-5)8(14)6-2-12-4-13-9(6)11/h1-4,8,14H. The third kappa shape index (κ3) is 2.19. The maximum Gasteiger partial charge on any atom is 0.141 e. The summed E-state index contributed by atoms with van der Waals surface area (Å²) in [5.41, 5.74) is 0.418. The third-order valence-electron chi connectivity index (χ3n) is 1.84. The number of aliphatic hydroxyl groups is 1. The smallest absolute Gasteiger partial charge is 0.141 e. The highest BCUT2D eigenvalue weighted by Crippen LogP contribution is 2.28. The minimum Gasteiger partial charge on any atom is -0.465 e. The van der Waals surface area contributed by atoms with Crippen molar-refractivity contribution in [3.05, 3.63) is 45.8 Å². The molecule has 0 saturated carbocycles. The maximum atomic E-state index is 9.91. The Kier molecular flexibility index (Phi) is 3.04. The monoisotopic (exact) mass is 288 g/mol. The van der Waals surface area contributed by atoms with Crippen molar-refractivity contribution >= 4 is 27.5 Å². The van der Waals surface area contributed by atoms with E-state index in [9.17, 15) is 5.11 Å². The summed E-state index contributed by atoms with van der Waals surface area (Å²) in [7, 11) is 0.